The van der Waals surface area contributed by atoms with E-state index in [2.05, 4.69) is 5.32 Å². The second-order valence-corrected chi connectivity index (χ2v) is 2.80. The second kappa shape index (κ2) is 5.97. The van der Waals surface area contributed by atoms with Crippen LogP contribution in [0, 0.1) is 0 Å². The summed E-state index contributed by atoms with van der Waals surface area (Å²) in [5, 5.41) is 11.5. The Kier molecular flexibility index (Phi) is 5.66. The highest BCUT2D eigenvalue weighted by molar-refractivity contribution is 5.76. The molecule has 72 valence electrons. The van der Waals surface area contributed by atoms with E-state index in [1.807, 2.05) is 6.92 Å². The summed E-state index contributed by atoms with van der Waals surface area (Å²) >= 11 is 0. The van der Waals surface area contributed by atoms with Crippen LogP contribution in [-0.2, 0) is 4.79 Å². The fraction of sp³-hybridized carbons (Fsp3) is 0.875. The first-order valence-corrected chi connectivity index (χ1v) is 4.17. The van der Waals surface area contributed by atoms with Crippen molar-refractivity contribution in [2.75, 3.05) is 20.7 Å². The van der Waals surface area contributed by atoms with Crippen LogP contribution >= 0.6 is 0 Å². The molecule has 0 fully saturated rings. The maximum atomic E-state index is 11.3. The Morgan fingerprint density at radius 3 is 2.67 bits per heavy atom. The molecular formula is C8H18N2O2. The Hall–Kier alpha value is -0.610. The molecule has 0 rings (SSSR count). The third-order valence-electron chi connectivity index (χ3n) is 1.94. The molecule has 0 radical (unpaired) electrons. The molecule has 2 N–H and O–H groups in total. The number of nitrogens with one attached hydrogen (secondary N) is 1. The third-order valence-corrected chi connectivity index (χ3v) is 1.94. The first-order chi connectivity index (χ1) is 5.63. The monoisotopic (exact) mass is 174 g/mol. The van der Waals surface area contributed by atoms with E-state index < -0.39 is 0 Å². The Balaban J connectivity index is 3.75. The molecule has 1 atom stereocenters. The summed E-state index contributed by atoms with van der Waals surface area (Å²) < 4.78 is 0. The zero-order valence-corrected chi connectivity index (χ0v) is 8.00. The number of hydrogen-bond acceptors (Lipinski definition) is 3. The average Bonchev–Trinajstić information content (AvgIpc) is 2.11. The van der Waals surface area contributed by atoms with Crippen LogP contribution in [0.3, 0.4) is 0 Å². The normalized spacial score (nSPS) is 12.7. The Morgan fingerprint density at radius 1 is 1.67 bits per heavy atom. The van der Waals surface area contributed by atoms with Gasteiger partial charge in [0.05, 0.1) is 6.17 Å². The molecule has 1 unspecified atom stereocenters. The SMILES string of the molecule is CNC(C)N(C)C(=O)CCCO. The van der Waals surface area contributed by atoms with Gasteiger partial charge in [0.25, 0.3) is 0 Å². The van der Waals surface area contributed by atoms with Gasteiger partial charge in [0.1, 0.15) is 0 Å². The van der Waals surface area contributed by atoms with Crippen LogP contribution in [0.4, 0.5) is 0 Å². The molecule has 0 bridgehead atoms. The largest absolute Gasteiger partial charge is 0.396 e. The maximum absolute atomic E-state index is 11.3. The predicted octanol–water partition coefficient (Wildman–Crippen LogP) is -0.217. The van der Waals surface area contributed by atoms with Crippen molar-refractivity contribution in [1.29, 1.82) is 0 Å². The molecule has 0 aliphatic carbocycles. The van der Waals surface area contributed by atoms with Gasteiger partial charge in [-0.2, -0.15) is 0 Å². The quantitative estimate of drug-likeness (QED) is 0.567. The predicted molar refractivity (Wildman–Crippen MR) is 47.6 cm³/mol. The standard InChI is InChI=1S/C8H18N2O2/c1-7(9-2)10(3)8(12)5-4-6-11/h7,9,11H,4-6H2,1-3H3. The number of amides is 1. The third kappa shape index (κ3) is 3.69. The molecule has 0 saturated heterocycles. The number of nitrogens with zero attached hydrogens (tertiary/aromatic N) is 1. The van der Waals surface area contributed by atoms with Crippen molar-refractivity contribution in [1.82, 2.24) is 10.2 Å². The molecule has 0 saturated carbocycles. The summed E-state index contributed by atoms with van der Waals surface area (Å²) in [5.74, 6) is 0.0610. The van der Waals surface area contributed by atoms with Gasteiger partial charge in [-0.05, 0) is 20.4 Å². The van der Waals surface area contributed by atoms with Crippen molar-refractivity contribution in [2.45, 2.75) is 25.9 Å². The first kappa shape index (κ1) is 11.4. The molecule has 0 spiro atoms. The van der Waals surface area contributed by atoms with Crippen LogP contribution in [0.2, 0.25) is 0 Å². The van der Waals surface area contributed by atoms with Gasteiger partial charge in [-0.15, -0.1) is 0 Å². The van der Waals surface area contributed by atoms with Crippen molar-refractivity contribution in [3.8, 4) is 0 Å². The minimum atomic E-state index is 0.0520. The number of rotatable bonds is 5. The minimum Gasteiger partial charge on any atom is -0.396 e. The van der Waals surface area contributed by atoms with Crippen molar-refractivity contribution < 1.29 is 9.90 Å². The lowest BCUT2D eigenvalue weighted by atomic mass is 10.3. The van der Waals surface area contributed by atoms with Gasteiger partial charge in [-0.1, -0.05) is 0 Å². The van der Waals surface area contributed by atoms with E-state index in [-0.39, 0.29) is 18.7 Å². The lowest BCUT2D eigenvalue weighted by molar-refractivity contribution is -0.132. The summed E-state index contributed by atoms with van der Waals surface area (Å²) in [7, 11) is 3.56. The number of hydrogen-bond donors (Lipinski definition) is 2. The first-order valence-electron chi connectivity index (χ1n) is 4.17. The summed E-state index contributed by atoms with van der Waals surface area (Å²) in [4.78, 5) is 12.9. The minimum absolute atomic E-state index is 0.0520. The van der Waals surface area contributed by atoms with Gasteiger partial charge < -0.3 is 15.3 Å². The van der Waals surface area contributed by atoms with Gasteiger partial charge in [-0.3, -0.25) is 4.79 Å². The highest BCUT2D eigenvalue weighted by Gasteiger charge is 2.12. The Morgan fingerprint density at radius 2 is 2.25 bits per heavy atom. The Bertz CT molecular complexity index is 139. The number of aliphatic hydroxyl groups excluding tert-OH is 1. The van der Waals surface area contributed by atoms with Gasteiger partial charge in [0.15, 0.2) is 0 Å². The molecule has 4 nitrogen and oxygen atoms in total. The van der Waals surface area contributed by atoms with Crippen molar-refractivity contribution in [3.63, 3.8) is 0 Å². The fourth-order valence-electron chi connectivity index (χ4n) is 0.816. The molecule has 0 aliphatic heterocycles. The fourth-order valence-corrected chi connectivity index (χ4v) is 0.816. The van der Waals surface area contributed by atoms with E-state index in [1.165, 1.54) is 0 Å². The van der Waals surface area contributed by atoms with Crippen LogP contribution in [0.15, 0.2) is 0 Å². The summed E-state index contributed by atoms with van der Waals surface area (Å²) in [6, 6.07) is 0. The lowest BCUT2D eigenvalue weighted by Gasteiger charge is -2.24. The molecule has 0 aromatic heterocycles. The molecule has 12 heavy (non-hydrogen) atoms. The van der Waals surface area contributed by atoms with Crippen LogP contribution in [0.25, 0.3) is 0 Å². The van der Waals surface area contributed by atoms with Crippen LogP contribution in [-0.4, -0.2) is 42.8 Å². The smallest absolute Gasteiger partial charge is 0.223 e. The molecule has 4 heteroatoms. The highest BCUT2D eigenvalue weighted by Crippen LogP contribution is 1.97. The summed E-state index contributed by atoms with van der Waals surface area (Å²) in [6.07, 6.45) is 1.01. The van der Waals surface area contributed by atoms with Crippen LogP contribution in [0.1, 0.15) is 19.8 Å². The molecule has 0 aliphatic rings. The van der Waals surface area contributed by atoms with Crippen molar-refractivity contribution in [3.05, 3.63) is 0 Å². The number of carbonyl (C=O) groups is 1. The van der Waals surface area contributed by atoms with Crippen molar-refractivity contribution >= 4 is 5.91 Å². The van der Waals surface area contributed by atoms with Gasteiger partial charge >= 0.3 is 0 Å². The highest BCUT2D eigenvalue weighted by atomic mass is 16.3. The number of aliphatic hydroxyl groups is 1. The van der Waals surface area contributed by atoms with E-state index in [9.17, 15) is 4.79 Å². The zero-order chi connectivity index (χ0) is 9.56. The summed E-state index contributed by atoms with van der Waals surface area (Å²) in [6.45, 7) is 1.99. The molecular weight excluding hydrogens is 156 g/mol. The number of carbonyl (C=O) groups excluding carboxylic acids is 1. The average molecular weight is 174 g/mol. The molecule has 0 aromatic rings. The summed E-state index contributed by atoms with van der Waals surface area (Å²) in [5.41, 5.74) is 0. The van der Waals surface area contributed by atoms with E-state index in [0.717, 1.165) is 0 Å². The van der Waals surface area contributed by atoms with Crippen LogP contribution < -0.4 is 5.32 Å². The van der Waals surface area contributed by atoms with E-state index in [1.54, 1.807) is 19.0 Å². The topological polar surface area (TPSA) is 52.6 Å². The van der Waals surface area contributed by atoms with E-state index >= 15 is 0 Å². The second-order valence-electron chi connectivity index (χ2n) is 2.80. The van der Waals surface area contributed by atoms with Crippen LogP contribution in [0.5, 0.6) is 0 Å². The molecule has 1 amide bonds. The zero-order valence-electron chi connectivity index (χ0n) is 8.00. The Labute approximate surface area is 73.6 Å². The van der Waals surface area contributed by atoms with E-state index in [4.69, 9.17) is 5.11 Å². The van der Waals surface area contributed by atoms with E-state index in [0.29, 0.717) is 12.8 Å². The molecule has 0 heterocycles. The lowest BCUT2D eigenvalue weighted by Crippen LogP contribution is -2.42. The van der Waals surface area contributed by atoms with Gasteiger partial charge in [0, 0.05) is 20.1 Å². The maximum Gasteiger partial charge on any atom is 0.223 e. The van der Waals surface area contributed by atoms with Gasteiger partial charge in [0.2, 0.25) is 5.91 Å². The molecule has 0 aromatic carbocycles. The van der Waals surface area contributed by atoms with Gasteiger partial charge in [-0.25, -0.2) is 0 Å². The van der Waals surface area contributed by atoms with Crippen molar-refractivity contribution in [2.24, 2.45) is 0 Å².